The third-order valence-electron chi connectivity index (χ3n) is 5.28. The van der Waals surface area contributed by atoms with Crippen LogP contribution in [0.3, 0.4) is 0 Å². The van der Waals surface area contributed by atoms with E-state index in [2.05, 4.69) is 42.0 Å². The number of aryl methyl sites for hydroxylation is 3. The van der Waals surface area contributed by atoms with Gasteiger partial charge < -0.3 is 4.57 Å². The van der Waals surface area contributed by atoms with Gasteiger partial charge in [0.25, 0.3) is 11.8 Å². The highest BCUT2D eigenvalue weighted by atomic mass is 16.2. The largest absolute Gasteiger partial charge is 0.318 e. The van der Waals surface area contributed by atoms with E-state index in [1.807, 2.05) is 38.1 Å². The maximum Gasteiger partial charge on any atom is 0.282 e. The van der Waals surface area contributed by atoms with Gasteiger partial charge in [-0.1, -0.05) is 30.3 Å². The van der Waals surface area contributed by atoms with Crippen molar-refractivity contribution in [2.45, 2.75) is 27.7 Å². The summed E-state index contributed by atoms with van der Waals surface area (Å²) in [5, 5.41) is 1.29. The Hall–Kier alpha value is -3.60. The first-order chi connectivity index (χ1) is 13.9. The molecule has 4 rings (SSSR count). The number of benzene rings is 2. The summed E-state index contributed by atoms with van der Waals surface area (Å²) in [5.74, 6) is -0.742. The number of nitrogens with one attached hydrogen (secondary N) is 1. The Morgan fingerprint density at radius 3 is 2.34 bits per heavy atom. The second-order valence-corrected chi connectivity index (χ2v) is 7.43. The maximum absolute atomic E-state index is 12.9. The van der Waals surface area contributed by atoms with Crippen molar-refractivity contribution in [2.24, 2.45) is 0 Å². The van der Waals surface area contributed by atoms with Crippen LogP contribution < -0.4 is 10.4 Å². The molecule has 1 N–H and O–H groups in total. The average Bonchev–Trinajstić information content (AvgIpc) is 3.14. The Morgan fingerprint density at radius 1 is 0.897 bits per heavy atom. The van der Waals surface area contributed by atoms with Crippen LogP contribution in [0.25, 0.3) is 11.8 Å². The summed E-state index contributed by atoms with van der Waals surface area (Å²) in [7, 11) is 0. The Bertz CT molecular complexity index is 1160. The molecule has 2 aromatic carbocycles. The molecule has 1 saturated heterocycles. The van der Waals surface area contributed by atoms with Crippen molar-refractivity contribution in [2.75, 3.05) is 5.01 Å². The zero-order chi connectivity index (χ0) is 20.7. The monoisotopic (exact) mass is 385 g/mol. The molecule has 2 amide bonds. The predicted octanol–water partition coefficient (Wildman–Crippen LogP) is 4.17. The number of rotatable bonds is 3. The average molecular weight is 385 g/mol. The number of hydrogen-bond acceptors (Lipinski definition) is 2. The lowest BCUT2D eigenvalue weighted by Crippen LogP contribution is -2.35. The van der Waals surface area contributed by atoms with E-state index in [4.69, 9.17) is 0 Å². The highest BCUT2D eigenvalue weighted by Gasteiger charge is 2.34. The molecule has 0 unspecified atom stereocenters. The lowest BCUT2D eigenvalue weighted by Gasteiger charge is -2.14. The number of para-hydroxylation sites is 1. The molecule has 5 heteroatoms. The summed E-state index contributed by atoms with van der Waals surface area (Å²) in [5.41, 5.74) is 9.77. The van der Waals surface area contributed by atoms with Crippen molar-refractivity contribution < 1.29 is 9.59 Å². The quantitative estimate of drug-likeness (QED) is 0.543. The molecule has 29 heavy (non-hydrogen) atoms. The van der Waals surface area contributed by atoms with Gasteiger partial charge in [0.05, 0.1) is 5.69 Å². The number of anilines is 1. The van der Waals surface area contributed by atoms with Gasteiger partial charge in [-0.05, 0) is 74.7 Å². The van der Waals surface area contributed by atoms with Crippen molar-refractivity contribution >= 4 is 23.6 Å². The minimum Gasteiger partial charge on any atom is -0.318 e. The van der Waals surface area contributed by atoms with E-state index in [9.17, 15) is 9.59 Å². The van der Waals surface area contributed by atoms with Crippen LogP contribution in [-0.4, -0.2) is 16.4 Å². The molecule has 3 aromatic rings. The number of hydrogen-bond donors (Lipinski definition) is 1. The summed E-state index contributed by atoms with van der Waals surface area (Å²) < 4.78 is 2.17. The fraction of sp³-hybridized carbons (Fsp3) is 0.167. The predicted molar refractivity (Wildman–Crippen MR) is 115 cm³/mol. The van der Waals surface area contributed by atoms with Crippen LogP contribution in [0.15, 0.2) is 60.2 Å². The summed E-state index contributed by atoms with van der Waals surface area (Å²) in [4.78, 5) is 25.4. The molecule has 1 fully saturated rings. The van der Waals surface area contributed by atoms with E-state index in [0.717, 1.165) is 22.6 Å². The van der Waals surface area contributed by atoms with Gasteiger partial charge in [-0.3, -0.25) is 15.0 Å². The number of carbonyl (C=O) groups excluding carboxylic acids is 2. The number of carbonyl (C=O) groups is 2. The van der Waals surface area contributed by atoms with E-state index in [1.54, 1.807) is 18.2 Å². The highest BCUT2D eigenvalue weighted by Crippen LogP contribution is 2.27. The molecule has 1 aliphatic heterocycles. The molecule has 0 saturated carbocycles. The van der Waals surface area contributed by atoms with Crippen molar-refractivity contribution in [3.8, 4) is 5.69 Å². The number of amides is 2. The Kier molecular flexibility index (Phi) is 4.59. The fourth-order valence-electron chi connectivity index (χ4n) is 3.74. The van der Waals surface area contributed by atoms with Gasteiger partial charge in [0.2, 0.25) is 0 Å². The third kappa shape index (κ3) is 3.25. The van der Waals surface area contributed by atoms with Crippen molar-refractivity contribution in [3.63, 3.8) is 0 Å². The molecule has 0 radical (unpaired) electrons. The normalized spacial score (nSPS) is 15.3. The minimum atomic E-state index is -0.393. The molecular formula is C24H23N3O2. The van der Waals surface area contributed by atoms with E-state index >= 15 is 0 Å². The van der Waals surface area contributed by atoms with Crippen molar-refractivity contribution in [1.29, 1.82) is 0 Å². The van der Waals surface area contributed by atoms with Crippen LogP contribution in [-0.2, 0) is 9.59 Å². The summed E-state index contributed by atoms with van der Waals surface area (Å²) in [6, 6.07) is 17.4. The summed E-state index contributed by atoms with van der Waals surface area (Å²) in [6.07, 6.45) is 1.69. The molecule has 5 nitrogen and oxygen atoms in total. The molecule has 0 spiro atoms. The van der Waals surface area contributed by atoms with E-state index in [0.29, 0.717) is 5.69 Å². The van der Waals surface area contributed by atoms with Gasteiger partial charge in [-0.15, -0.1) is 0 Å². The van der Waals surface area contributed by atoms with Crippen molar-refractivity contribution in [3.05, 3.63) is 88.2 Å². The molecular weight excluding hydrogens is 362 g/mol. The number of nitrogens with zero attached hydrogens (tertiary/aromatic N) is 2. The first-order valence-electron chi connectivity index (χ1n) is 9.55. The van der Waals surface area contributed by atoms with Gasteiger partial charge in [-0.25, -0.2) is 5.01 Å². The van der Waals surface area contributed by atoms with Crippen molar-refractivity contribution in [1.82, 2.24) is 9.99 Å². The Labute approximate surface area is 170 Å². The lowest BCUT2D eigenvalue weighted by atomic mass is 10.1. The lowest BCUT2D eigenvalue weighted by molar-refractivity contribution is -0.117. The van der Waals surface area contributed by atoms with E-state index in [1.165, 1.54) is 16.1 Å². The second kappa shape index (κ2) is 7.09. The van der Waals surface area contributed by atoms with Crippen LogP contribution in [0.4, 0.5) is 5.69 Å². The summed E-state index contributed by atoms with van der Waals surface area (Å²) >= 11 is 0. The Morgan fingerprint density at radius 2 is 1.62 bits per heavy atom. The Balaban J connectivity index is 1.75. The number of aromatic nitrogens is 1. The van der Waals surface area contributed by atoms with Gasteiger partial charge in [-0.2, -0.15) is 0 Å². The maximum atomic E-state index is 12.9. The zero-order valence-corrected chi connectivity index (χ0v) is 17.0. The first-order valence-corrected chi connectivity index (χ1v) is 9.55. The molecule has 0 atom stereocenters. The van der Waals surface area contributed by atoms with E-state index < -0.39 is 5.91 Å². The molecule has 0 aliphatic carbocycles. The van der Waals surface area contributed by atoms with Gasteiger partial charge in [0.15, 0.2) is 0 Å². The van der Waals surface area contributed by atoms with Gasteiger partial charge >= 0.3 is 0 Å². The van der Waals surface area contributed by atoms with E-state index in [-0.39, 0.29) is 11.5 Å². The molecule has 146 valence electrons. The third-order valence-corrected chi connectivity index (χ3v) is 5.28. The highest BCUT2D eigenvalue weighted by molar-refractivity contribution is 6.31. The van der Waals surface area contributed by atoms with Crippen LogP contribution in [0.5, 0.6) is 0 Å². The van der Waals surface area contributed by atoms with Crippen LogP contribution >= 0.6 is 0 Å². The minimum absolute atomic E-state index is 0.134. The van der Waals surface area contributed by atoms with Gasteiger partial charge in [0, 0.05) is 17.1 Å². The van der Waals surface area contributed by atoms with Crippen LogP contribution in [0.2, 0.25) is 0 Å². The standard InChI is InChI=1S/C24H23N3O2/c1-15-10-11-16(2)22(12-15)26-17(3)13-19(18(26)4)14-21-23(28)25-27(24(21)29)20-8-6-5-7-9-20/h5-14H,1-4H3,(H,25,28)/b21-14-. The topological polar surface area (TPSA) is 54.3 Å². The fourth-order valence-corrected chi connectivity index (χ4v) is 3.74. The smallest absolute Gasteiger partial charge is 0.282 e. The first kappa shape index (κ1) is 18.7. The SMILES string of the molecule is Cc1ccc(C)c(-n2c(C)cc(/C=C3/C(=O)NN(c4ccccc4)C3=O)c2C)c1. The second-order valence-electron chi connectivity index (χ2n) is 7.43. The van der Waals surface area contributed by atoms with Crippen LogP contribution in [0.1, 0.15) is 28.1 Å². The molecule has 1 aliphatic rings. The number of hydrazine groups is 1. The summed E-state index contributed by atoms with van der Waals surface area (Å²) in [6.45, 7) is 8.19. The zero-order valence-electron chi connectivity index (χ0n) is 17.0. The van der Waals surface area contributed by atoms with Crippen LogP contribution in [0, 0.1) is 27.7 Å². The molecule has 0 bridgehead atoms. The molecule has 2 heterocycles. The molecule has 1 aromatic heterocycles. The van der Waals surface area contributed by atoms with Gasteiger partial charge in [0.1, 0.15) is 5.57 Å².